The molecule has 0 amide bonds. The summed E-state index contributed by atoms with van der Waals surface area (Å²) >= 11 is 0. The van der Waals surface area contributed by atoms with Crippen LogP contribution in [0, 0.1) is 5.82 Å². The molecule has 7 nitrogen and oxygen atoms in total. The maximum Gasteiger partial charge on any atom is 0.264 e. The molecule has 3 aromatic rings. The molecule has 9 heteroatoms. The first-order valence-electron chi connectivity index (χ1n) is 8.18. The van der Waals surface area contributed by atoms with Crippen LogP contribution < -0.4 is 10.9 Å². The molecule has 2 aromatic heterocycles. The zero-order valence-electron chi connectivity index (χ0n) is 13.9. The fraction of sp³-hybridized carbons (Fsp3) is 0.353. The number of hydrogen-bond donors (Lipinski definition) is 2. The Morgan fingerprint density at radius 3 is 2.62 bits per heavy atom. The molecule has 1 aliphatic heterocycles. The lowest BCUT2D eigenvalue weighted by Crippen LogP contribution is -2.46. The molecular formula is C17H19ClFN5O2. The molecule has 0 atom stereocenters. The zero-order valence-corrected chi connectivity index (χ0v) is 14.7. The molecule has 1 saturated heterocycles. The van der Waals surface area contributed by atoms with Crippen molar-refractivity contribution in [2.24, 2.45) is 0 Å². The van der Waals surface area contributed by atoms with Gasteiger partial charge in [0, 0.05) is 0 Å². The summed E-state index contributed by atoms with van der Waals surface area (Å²) in [7, 11) is 0. The highest BCUT2D eigenvalue weighted by atomic mass is 35.5. The van der Waals surface area contributed by atoms with Crippen molar-refractivity contribution in [1.29, 1.82) is 0 Å². The Morgan fingerprint density at radius 1 is 1.23 bits per heavy atom. The van der Waals surface area contributed by atoms with Crippen LogP contribution in [0.5, 0.6) is 0 Å². The minimum absolute atomic E-state index is 0. The van der Waals surface area contributed by atoms with E-state index in [1.807, 2.05) is 0 Å². The molecule has 4 rings (SSSR count). The average Bonchev–Trinajstić information content (AvgIpc) is 3.03. The standard InChI is InChI=1S/C17H18FN5O2.ClH/c18-12-1-3-13(4-2-12)23-15-14(9-21-23)16(24)22(11-20-15)10-17(25)5-7-19-8-6-17;/h1-4,9,11,19,25H,5-8,10H2;1H. The van der Waals surface area contributed by atoms with Gasteiger partial charge in [0.1, 0.15) is 17.5 Å². The van der Waals surface area contributed by atoms with Gasteiger partial charge in [-0.1, -0.05) is 0 Å². The molecule has 138 valence electrons. The lowest BCUT2D eigenvalue weighted by Gasteiger charge is -2.32. The number of benzene rings is 1. The van der Waals surface area contributed by atoms with Crippen molar-refractivity contribution < 1.29 is 9.50 Å². The van der Waals surface area contributed by atoms with Gasteiger partial charge >= 0.3 is 0 Å². The minimum atomic E-state index is -0.905. The lowest BCUT2D eigenvalue weighted by atomic mass is 9.92. The second kappa shape index (κ2) is 7.14. The number of piperidine rings is 1. The summed E-state index contributed by atoms with van der Waals surface area (Å²) in [4.78, 5) is 17.1. The molecule has 0 unspecified atom stereocenters. The highest BCUT2D eigenvalue weighted by Gasteiger charge is 2.30. The summed E-state index contributed by atoms with van der Waals surface area (Å²) in [5.41, 5.74) is -0.120. The number of rotatable bonds is 3. The summed E-state index contributed by atoms with van der Waals surface area (Å²) in [6.45, 7) is 1.66. The first-order chi connectivity index (χ1) is 12.1. The van der Waals surface area contributed by atoms with E-state index >= 15 is 0 Å². The monoisotopic (exact) mass is 379 g/mol. The molecule has 0 saturated carbocycles. The van der Waals surface area contributed by atoms with E-state index < -0.39 is 5.60 Å². The molecule has 0 spiro atoms. The second-order valence-electron chi connectivity index (χ2n) is 6.42. The van der Waals surface area contributed by atoms with Crippen LogP contribution in [0.1, 0.15) is 12.8 Å². The van der Waals surface area contributed by atoms with E-state index in [0.717, 1.165) is 13.1 Å². The van der Waals surface area contributed by atoms with Crippen molar-refractivity contribution in [2.75, 3.05) is 13.1 Å². The Hall–Kier alpha value is -2.29. The molecule has 2 N–H and O–H groups in total. The number of aromatic nitrogens is 4. The number of nitrogens with one attached hydrogen (secondary N) is 1. The SMILES string of the molecule is Cl.O=c1c2cnn(-c3ccc(F)cc3)c2ncn1CC1(O)CCNCC1. The van der Waals surface area contributed by atoms with Crippen molar-refractivity contribution >= 4 is 23.4 Å². The number of hydrogen-bond acceptors (Lipinski definition) is 5. The van der Waals surface area contributed by atoms with Gasteiger partial charge in [0.15, 0.2) is 5.65 Å². The molecule has 3 heterocycles. The van der Waals surface area contributed by atoms with Crippen LogP contribution >= 0.6 is 12.4 Å². The number of halogens is 2. The van der Waals surface area contributed by atoms with E-state index in [0.29, 0.717) is 29.6 Å². The van der Waals surface area contributed by atoms with Crippen molar-refractivity contribution in [2.45, 2.75) is 25.0 Å². The fourth-order valence-corrected chi connectivity index (χ4v) is 3.20. The Morgan fingerprint density at radius 2 is 1.92 bits per heavy atom. The molecule has 0 aliphatic carbocycles. The van der Waals surface area contributed by atoms with E-state index in [2.05, 4.69) is 15.4 Å². The van der Waals surface area contributed by atoms with Crippen LogP contribution in [0.25, 0.3) is 16.7 Å². The third-order valence-corrected chi connectivity index (χ3v) is 4.62. The Balaban J connectivity index is 0.00000196. The van der Waals surface area contributed by atoms with Crippen LogP contribution in [0.3, 0.4) is 0 Å². The quantitative estimate of drug-likeness (QED) is 0.715. The summed E-state index contributed by atoms with van der Waals surface area (Å²) in [5, 5.41) is 18.4. The Kier molecular flexibility index (Phi) is 5.08. The third-order valence-electron chi connectivity index (χ3n) is 4.62. The van der Waals surface area contributed by atoms with Crippen molar-refractivity contribution in [3.8, 4) is 5.69 Å². The maximum absolute atomic E-state index is 13.1. The van der Waals surface area contributed by atoms with Crippen LogP contribution in [0.4, 0.5) is 4.39 Å². The zero-order chi connectivity index (χ0) is 17.4. The van der Waals surface area contributed by atoms with Crippen LogP contribution in [0.2, 0.25) is 0 Å². The normalized spacial score (nSPS) is 16.4. The second-order valence-corrected chi connectivity index (χ2v) is 6.42. The first kappa shape index (κ1) is 18.5. The molecular weight excluding hydrogens is 361 g/mol. The first-order valence-corrected chi connectivity index (χ1v) is 8.18. The average molecular weight is 380 g/mol. The van der Waals surface area contributed by atoms with E-state index in [1.165, 1.54) is 33.9 Å². The number of aliphatic hydroxyl groups is 1. The van der Waals surface area contributed by atoms with Crippen LogP contribution in [0.15, 0.2) is 41.6 Å². The summed E-state index contributed by atoms with van der Waals surface area (Å²) < 4.78 is 16.0. The summed E-state index contributed by atoms with van der Waals surface area (Å²) in [6.07, 6.45) is 4.07. The van der Waals surface area contributed by atoms with Gasteiger partial charge in [-0.25, -0.2) is 14.1 Å². The van der Waals surface area contributed by atoms with Crippen LogP contribution in [-0.4, -0.2) is 43.1 Å². The fourth-order valence-electron chi connectivity index (χ4n) is 3.20. The molecule has 1 aliphatic rings. The maximum atomic E-state index is 13.1. The topological polar surface area (TPSA) is 85.0 Å². The summed E-state index contributed by atoms with van der Waals surface area (Å²) in [6, 6.07) is 5.81. The van der Waals surface area contributed by atoms with Gasteiger partial charge in [-0.2, -0.15) is 5.10 Å². The van der Waals surface area contributed by atoms with Crippen molar-refractivity contribution in [3.05, 3.63) is 53.0 Å². The van der Waals surface area contributed by atoms with E-state index in [4.69, 9.17) is 0 Å². The van der Waals surface area contributed by atoms with E-state index in [1.54, 1.807) is 12.1 Å². The highest BCUT2D eigenvalue weighted by molar-refractivity contribution is 5.85. The van der Waals surface area contributed by atoms with Gasteiger partial charge in [0.25, 0.3) is 5.56 Å². The lowest BCUT2D eigenvalue weighted by molar-refractivity contribution is -0.00627. The van der Waals surface area contributed by atoms with Crippen molar-refractivity contribution in [3.63, 3.8) is 0 Å². The largest absolute Gasteiger partial charge is 0.388 e. The smallest absolute Gasteiger partial charge is 0.264 e. The molecule has 0 radical (unpaired) electrons. The van der Waals surface area contributed by atoms with Gasteiger partial charge < -0.3 is 10.4 Å². The molecule has 26 heavy (non-hydrogen) atoms. The predicted octanol–water partition coefficient (Wildman–Crippen LogP) is 1.26. The molecule has 1 aromatic carbocycles. The Labute approximate surface area is 154 Å². The molecule has 1 fully saturated rings. The number of nitrogens with zero attached hydrogens (tertiary/aromatic N) is 4. The van der Waals surface area contributed by atoms with Crippen LogP contribution in [-0.2, 0) is 6.54 Å². The number of fused-ring (bicyclic) bond motifs is 1. The van der Waals surface area contributed by atoms with E-state index in [-0.39, 0.29) is 30.3 Å². The van der Waals surface area contributed by atoms with E-state index in [9.17, 15) is 14.3 Å². The minimum Gasteiger partial charge on any atom is -0.388 e. The van der Waals surface area contributed by atoms with Gasteiger partial charge in [0.05, 0.1) is 24.0 Å². The Bertz CT molecular complexity index is 963. The van der Waals surface area contributed by atoms with Gasteiger partial charge in [-0.15, -0.1) is 12.4 Å². The van der Waals surface area contributed by atoms with Gasteiger partial charge in [0.2, 0.25) is 0 Å². The van der Waals surface area contributed by atoms with Gasteiger partial charge in [-0.05, 0) is 50.2 Å². The van der Waals surface area contributed by atoms with Gasteiger partial charge in [-0.3, -0.25) is 9.36 Å². The summed E-state index contributed by atoms with van der Waals surface area (Å²) in [5.74, 6) is -0.342. The molecule has 0 bridgehead atoms. The third kappa shape index (κ3) is 3.35. The predicted molar refractivity (Wildman–Crippen MR) is 97.4 cm³/mol. The highest BCUT2D eigenvalue weighted by Crippen LogP contribution is 2.20. The van der Waals surface area contributed by atoms with Crippen molar-refractivity contribution in [1.82, 2.24) is 24.6 Å².